The van der Waals surface area contributed by atoms with Crippen LogP contribution in [0.3, 0.4) is 0 Å². The lowest BCUT2D eigenvalue weighted by Crippen LogP contribution is -2.27. The monoisotopic (exact) mass is 163 g/mol. The normalized spacial score (nSPS) is 13.5. The first kappa shape index (κ1) is 10.3. The second kappa shape index (κ2) is 7.38. The van der Waals surface area contributed by atoms with Crippen molar-refractivity contribution in [1.29, 1.82) is 0 Å². The molecule has 0 aliphatic carbocycles. The van der Waals surface area contributed by atoms with Gasteiger partial charge in [0.25, 0.3) is 0 Å². The molecule has 0 saturated carbocycles. The highest BCUT2D eigenvalue weighted by Crippen LogP contribution is 1.89. The van der Waals surface area contributed by atoms with Crippen LogP contribution in [0.15, 0.2) is 0 Å². The van der Waals surface area contributed by atoms with Crippen LogP contribution in [-0.2, 0) is 0 Å². The van der Waals surface area contributed by atoms with E-state index in [2.05, 4.69) is 11.6 Å². The lowest BCUT2D eigenvalue weighted by Gasteiger charge is -2.07. The minimum absolute atomic E-state index is 0.165. The van der Waals surface area contributed by atoms with E-state index < -0.39 is 0 Å². The quantitative estimate of drug-likeness (QED) is 0.566. The van der Waals surface area contributed by atoms with Gasteiger partial charge in [0, 0.05) is 18.8 Å². The van der Waals surface area contributed by atoms with Crippen molar-refractivity contribution in [2.24, 2.45) is 0 Å². The SMILES string of the molecule is CCC(O)CNCCSC. The molecule has 0 rings (SSSR count). The number of thioether (sulfide) groups is 1. The fraction of sp³-hybridized carbons (Fsp3) is 1.00. The van der Waals surface area contributed by atoms with Gasteiger partial charge in [0.1, 0.15) is 0 Å². The molecule has 0 fully saturated rings. The largest absolute Gasteiger partial charge is 0.392 e. The van der Waals surface area contributed by atoms with Crippen LogP contribution >= 0.6 is 11.8 Å². The van der Waals surface area contributed by atoms with Crippen LogP contribution in [-0.4, -0.2) is 36.3 Å². The minimum atomic E-state index is -0.165. The van der Waals surface area contributed by atoms with Crippen LogP contribution in [0, 0.1) is 0 Å². The highest BCUT2D eigenvalue weighted by atomic mass is 32.2. The van der Waals surface area contributed by atoms with Crippen LogP contribution < -0.4 is 5.32 Å². The van der Waals surface area contributed by atoms with Gasteiger partial charge in [-0.05, 0) is 12.7 Å². The van der Waals surface area contributed by atoms with Gasteiger partial charge in [-0.25, -0.2) is 0 Å². The highest BCUT2D eigenvalue weighted by molar-refractivity contribution is 7.98. The van der Waals surface area contributed by atoms with E-state index in [1.165, 1.54) is 0 Å². The molecular weight excluding hydrogens is 146 g/mol. The molecule has 3 heteroatoms. The molecule has 0 aromatic heterocycles. The van der Waals surface area contributed by atoms with Gasteiger partial charge in [-0.2, -0.15) is 11.8 Å². The predicted octanol–water partition coefficient (Wildman–Crippen LogP) is 0.710. The number of aliphatic hydroxyl groups excluding tert-OH is 1. The van der Waals surface area contributed by atoms with E-state index in [1.807, 2.05) is 18.7 Å². The van der Waals surface area contributed by atoms with E-state index in [4.69, 9.17) is 5.11 Å². The maximum Gasteiger partial charge on any atom is 0.0662 e. The van der Waals surface area contributed by atoms with Crippen molar-refractivity contribution in [3.63, 3.8) is 0 Å². The first-order chi connectivity index (χ1) is 4.81. The molecule has 0 amide bonds. The lowest BCUT2D eigenvalue weighted by molar-refractivity contribution is 0.168. The zero-order chi connectivity index (χ0) is 7.82. The fourth-order valence-electron chi connectivity index (χ4n) is 0.587. The number of hydrogen-bond donors (Lipinski definition) is 2. The van der Waals surface area contributed by atoms with Crippen LogP contribution in [0.4, 0.5) is 0 Å². The molecule has 1 atom stereocenters. The van der Waals surface area contributed by atoms with Crippen LogP contribution in [0.5, 0.6) is 0 Å². The van der Waals surface area contributed by atoms with Crippen molar-refractivity contribution in [2.45, 2.75) is 19.4 Å². The Morgan fingerprint density at radius 2 is 2.30 bits per heavy atom. The van der Waals surface area contributed by atoms with Gasteiger partial charge < -0.3 is 10.4 Å². The molecule has 0 aromatic carbocycles. The Morgan fingerprint density at radius 3 is 2.80 bits per heavy atom. The summed E-state index contributed by atoms with van der Waals surface area (Å²) in [6.07, 6.45) is 2.76. The van der Waals surface area contributed by atoms with Gasteiger partial charge in [0.05, 0.1) is 6.10 Å². The summed E-state index contributed by atoms with van der Waals surface area (Å²) in [5, 5.41) is 12.3. The Hall–Kier alpha value is 0.270. The van der Waals surface area contributed by atoms with Crippen LogP contribution in [0.2, 0.25) is 0 Å². The molecule has 0 aliphatic rings. The van der Waals surface area contributed by atoms with Crippen molar-refractivity contribution in [1.82, 2.24) is 5.32 Å². The Labute approximate surface area is 67.4 Å². The second-order valence-corrected chi connectivity index (χ2v) is 3.24. The molecular formula is C7H17NOS. The third-order valence-electron chi connectivity index (χ3n) is 1.33. The summed E-state index contributed by atoms with van der Waals surface area (Å²) in [5.41, 5.74) is 0. The van der Waals surface area contributed by atoms with Crippen molar-refractivity contribution in [3.05, 3.63) is 0 Å². The van der Waals surface area contributed by atoms with E-state index in [9.17, 15) is 0 Å². The Morgan fingerprint density at radius 1 is 1.60 bits per heavy atom. The number of nitrogens with one attached hydrogen (secondary N) is 1. The average Bonchev–Trinajstić information content (AvgIpc) is 1.98. The van der Waals surface area contributed by atoms with E-state index in [0.717, 1.165) is 25.3 Å². The summed E-state index contributed by atoms with van der Waals surface area (Å²) in [6, 6.07) is 0. The van der Waals surface area contributed by atoms with Crippen LogP contribution in [0.1, 0.15) is 13.3 Å². The molecule has 0 heterocycles. The highest BCUT2D eigenvalue weighted by Gasteiger charge is 1.97. The zero-order valence-electron chi connectivity index (χ0n) is 6.76. The number of aliphatic hydroxyl groups is 1. The Balaban J connectivity index is 2.89. The van der Waals surface area contributed by atoms with E-state index in [1.54, 1.807) is 0 Å². The van der Waals surface area contributed by atoms with Crippen LogP contribution in [0.25, 0.3) is 0 Å². The first-order valence-corrected chi connectivity index (χ1v) is 5.08. The van der Waals surface area contributed by atoms with Gasteiger partial charge in [0.2, 0.25) is 0 Å². The molecule has 10 heavy (non-hydrogen) atoms. The van der Waals surface area contributed by atoms with Gasteiger partial charge >= 0.3 is 0 Å². The summed E-state index contributed by atoms with van der Waals surface area (Å²) in [5.74, 6) is 1.12. The number of rotatable bonds is 6. The molecule has 0 radical (unpaired) electrons. The van der Waals surface area contributed by atoms with Gasteiger partial charge in [-0.1, -0.05) is 6.92 Å². The van der Waals surface area contributed by atoms with E-state index >= 15 is 0 Å². The number of hydrogen-bond acceptors (Lipinski definition) is 3. The maximum absolute atomic E-state index is 9.09. The standard InChI is InChI=1S/C7H17NOS/c1-3-7(9)6-8-4-5-10-2/h7-9H,3-6H2,1-2H3. The summed E-state index contributed by atoms with van der Waals surface area (Å²) in [6.45, 7) is 3.72. The van der Waals surface area contributed by atoms with E-state index in [0.29, 0.717) is 0 Å². The Kier molecular flexibility index (Phi) is 7.58. The molecule has 0 aromatic rings. The molecule has 0 aliphatic heterocycles. The Bertz CT molecular complexity index is 70.6. The molecule has 1 unspecified atom stereocenters. The smallest absolute Gasteiger partial charge is 0.0662 e. The predicted molar refractivity (Wildman–Crippen MR) is 47.5 cm³/mol. The van der Waals surface area contributed by atoms with Crippen molar-refractivity contribution < 1.29 is 5.11 Å². The molecule has 0 saturated heterocycles. The van der Waals surface area contributed by atoms with Gasteiger partial charge in [-0.3, -0.25) is 0 Å². The minimum Gasteiger partial charge on any atom is -0.392 e. The maximum atomic E-state index is 9.09. The molecule has 2 nitrogen and oxygen atoms in total. The second-order valence-electron chi connectivity index (χ2n) is 2.26. The van der Waals surface area contributed by atoms with Crippen molar-refractivity contribution >= 4 is 11.8 Å². The van der Waals surface area contributed by atoms with Gasteiger partial charge in [-0.15, -0.1) is 0 Å². The summed E-state index contributed by atoms with van der Waals surface area (Å²) >= 11 is 1.82. The van der Waals surface area contributed by atoms with Gasteiger partial charge in [0.15, 0.2) is 0 Å². The molecule has 0 bridgehead atoms. The fourth-order valence-corrected chi connectivity index (χ4v) is 0.936. The van der Waals surface area contributed by atoms with Crippen molar-refractivity contribution in [3.8, 4) is 0 Å². The molecule has 62 valence electrons. The third-order valence-corrected chi connectivity index (χ3v) is 1.95. The molecule has 2 N–H and O–H groups in total. The first-order valence-electron chi connectivity index (χ1n) is 3.69. The summed E-state index contributed by atoms with van der Waals surface area (Å²) < 4.78 is 0. The lowest BCUT2D eigenvalue weighted by atomic mass is 10.3. The third kappa shape index (κ3) is 6.39. The topological polar surface area (TPSA) is 32.3 Å². The molecule has 0 spiro atoms. The van der Waals surface area contributed by atoms with Crippen molar-refractivity contribution in [2.75, 3.05) is 25.1 Å². The summed E-state index contributed by atoms with van der Waals surface area (Å²) in [7, 11) is 0. The van der Waals surface area contributed by atoms with E-state index in [-0.39, 0.29) is 6.10 Å². The zero-order valence-corrected chi connectivity index (χ0v) is 7.58. The summed E-state index contributed by atoms with van der Waals surface area (Å²) in [4.78, 5) is 0. The average molecular weight is 163 g/mol.